The molecule has 4 nitrogen and oxygen atoms in total. The van der Waals surface area contributed by atoms with Crippen molar-refractivity contribution in [2.45, 2.75) is 33.6 Å². The Labute approximate surface area is 141 Å². The van der Waals surface area contributed by atoms with Gasteiger partial charge in [0.25, 0.3) is 5.91 Å². The maximum Gasteiger partial charge on any atom is 0.259 e. The molecule has 2 aromatic carbocycles. The first kappa shape index (κ1) is 16.1. The minimum atomic E-state index is -0.215. The molecule has 2 N–H and O–H groups in total. The van der Waals surface area contributed by atoms with E-state index in [9.17, 15) is 9.90 Å². The van der Waals surface area contributed by atoms with Gasteiger partial charge in [0.15, 0.2) is 0 Å². The highest BCUT2D eigenvalue weighted by molar-refractivity contribution is 6.13. The number of hydrogen-bond donors (Lipinski definition) is 2. The zero-order chi connectivity index (χ0) is 17.3. The fourth-order valence-electron chi connectivity index (χ4n) is 3.07. The summed E-state index contributed by atoms with van der Waals surface area (Å²) in [5.41, 5.74) is 4.15. The third-order valence-electron chi connectivity index (χ3n) is 4.31. The van der Waals surface area contributed by atoms with Crippen molar-refractivity contribution in [2.24, 2.45) is 0 Å². The van der Waals surface area contributed by atoms with Gasteiger partial charge < -0.3 is 14.8 Å². The number of aryl methyl sites for hydroxylation is 3. The molecule has 0 radical (unpaired) electrons. The Morgan fingerprint density at radius 2 is 1.79 bits per heavy atom. The van der Waals surface area contributed by atoms with Crippen LogP contribution in [0, 0.1) is 6.92 Å². The molecular weight excluding hydrogens is 302 g/mol. The van der Waals surface area contributed by atoms with Gasteiger partial charge in [0.2, 0.25) is 0 Å². The normalized spacial score (nSPS) is 11.0. The lowest BCUT2D eigenvalue weighted by atomic mass is 10.0. The lowest BCUT2D eigenvalue weighted by Crippen LogP contribution is -2.15. The molecule has 0 atom stereocenters. The number of para-hydroxylation sites is 1. The second-order valence-corrected chi connectivity index (χ2v) is 5.83. The molecular formula is C20H21NO3. The van der Waals surface area contributed by atoms with Crippen LogP contribution in [0.1, 0.15) is 41.1 Å². The first-order chi connectivity index (χ1) is 11.5. The molecule has 1 aromatic heterocycles. The Hall–Kier alpha value is -2.75. The average Bonchev–Trinajstić information content (AvgIpc) is 2.90. The van der Waals surface area contributed by atoms with Crippen molar-refractivity contribution in [3.8, 4) is 5.75 Å². The number of anilines is 1. The van der Waals surface area contributed by atoms with Crippen LogP contribution in [0.3, 0.4) is 0 Å². The summed E-state index contributed by atoms with van der Waals surface area (Å²) in [6, 6.07) is 10.9. The summed E-state index contributed by atoms with van der Waals surface area (Å²) >= 11 is 0. The Balaban J connectivity index is 2.06. The van der Waals surface area contributed by atoms with E-state index >= 15 is 0 Å². The van der Waals surface area contributed by atoms with Crippen molar-refractivity contribution in [3.63, 3.8) is 0 Å². The van der Waals surface area contributed by atoms with Crippen LogP contribution in [-0.2, 0) is 12.8 Å². The summed E-state index contributed by atoms with van der Waals surface area (Å²) in [5.74, 6) is 0.438. The molecule has 3 aromatic rings. The molecule has 0 saturated heterocycles. The molecule has 0 fully saturated rings. The number of aromatic hydroxyl groups is 1. The quantitative estimate of drug-likeness (QED) is 0.723. The molecule has 0 aliphatic carbocycles. The van der Waals surface area contributed by atoms with E-state index in [1.807, 2.05) is 18.2 Å². The van der Waals surface area contributed by atoms with Gasteiger partial charge in [0.05, 0.1) is 5.56 Å². The van der Waals surface area contributed by atoms with E-state index in [2.05, 4.69) is 19.2 Å². The van der Waals surface area contributed by atoms with Crippen molar-refractivity contribution in [2.75, 3.05) is 5.32 Å². The number of nitrogens with one attached hydrogen (secondary N) is 1. The van der Waals surface area contributed by atoms with E-state index in [0.717, 1.165) is 29.7 Å². The third kappa shape index (κ3) is 2.75. The van der Waals surface area contributed by atoms with Crippen LogP contribution in [0.4, 0.5) is 5.69 Å². The molecule has 0 unspecified atom stereocenters. The molecule has 1 amide bonds. The molecule has 0 bridgehead atoms. The predicted molar refractivity (Wildman–Crippen MR) is 95.8 cm³/mol. The summed E-state index contributed by atoms with van der Waals surface area (Å²) in [7, 11) is 0. The van der Waals surface area contributed by atoms with E-state index in [4.69, 9.17) is 4.42 Å². The maximum absolute atomic E-state index is 12.9. The van der Waals surface area contributed by atoms with Gasteiger partial charge in [0, 0.05) is 11.1 Å². The highest BCUT2D eigenvalue weighted by Gasteiger charge is 2.20. The number of hydrogen-bond acceptors (Lipinski definition) is 3. The van der Waals surface area contributed by atoms with Crippen LogP contribution in [0.15, 0.2) is 40.8 Å². The number of carbonyl (C=O) groups excluding carboxylic acids is 1. The minimum absolute atomic E-state index is 0.112. The van der Waals surface area contributed by atoms with Crippen molar-refractivity contribution in [3.05, 3.63) is 58.8 Å². The van der Waals surface area contributed by atoms with Crippen molar-refractivity contribution in [1.82, 2.24) is 0 Å². The number of rotatable bonds is 4. The number of benzene rings is 2. The Morgan fingerprint density at radius 1 is 1.12 bits per heavy atom. The van der Waals surface area contributed by atoms with Crippen molar-refractivity contribution < 1.29 is 14.3 Å². The zero-order valence-corrected chi connectivity index (χ0v) is 14.1. The predicted octanol–water partition coefficient (Wildman–Crippen LogP) is 4.82. The van der Waals surface area contributed by atoms with Crippen LogP contribution in [-0.4, -0.2) is 11.0 Å². The summed E-state index contributed by atoms with van der Waals surface area (Å²) in [6.45, 7) is 5.90. The van der Waals surface area contributed by atoms with Gasteiger partial charge in [-0.3, -0.25) is 4.79 Å². The van der Waals surface area contributed by atoms with E-state index < -0.39 is 0 Å². The Morgan fingerprint density at radius 3 is 2.42 bits per heavy atom. The van der Waals surface area contributed by atoms with Crippen LogP contribution in [0.5, 0.6) is 5.75 Å². The molecule has 1 heterocycles. The van der Waals surface area contributed by atoms with Gasteiger partial charge in [-0.1, -0.05) is 32.0 Å². The smallest absolute Gasteiger partial charge is 0.259 e. The Kier molecular flexibility index (Phi) is 4.30. The lowest BCUT2D eigenvalue weighted by Gasteiger charge is -2.14. The SMILES string of the molecule is CCc1cccc(CC)c1NC(=O)c1c(C)oc2ccc(O)cc12. The molecule has 0 saturated carbocycles. The molecule has 0 aliphatic rings. The second-order valence-electron chi connectivity index (χ2n) is 5.83. The lowest BCUT2D eigenvalue weighted by molar-refractivity contribution is 0.102. The molecule has 4 heteroatoms. The molecule has 124 valence electrons. The van der Waals surface area contributed by atoms with Gasteiger partial charge in [0.1, 0.15) is 17.1 Å². The molecule has 0 spiro atoms. The number of fused-ring (bicyclic) bond motifs is 1. The molecule has 3 rings (SSSR count). The summed E-state index contributed by atoms with van der Waals surface area (Å²) in [5, 5.41) is 13.4. The maximum atomic E-state index is 12.9. The van der Waals surface area contributed by atoms with Gasteiger partial charge in [-0.05, 0) is 49.1 Å². The number of phenols is 1. The highest BCUT2D eigenvalue weighted by atomic mass is 16.3. The van der Waals surface area contributed by atoms with E-state index in [1.54, 1.807) is 25.1 Å². The molecule has 0 aliphatic heterocycles. The molecule has 24 heavy (non-hydrogen) atoms. The first-order valence-corrected chi connectivity index (χ1v) is 8.19. The highest BCUT2D eigenvalue weighted by Crippen LogP contribution is 2.30. The summed E-state index contributed by atoms with van der Waals surface area (Å²) in [4.78, 5) is 12.9. The van der Waals surface area contributed by atoms with Crippen LogP contribution < -0.4 is 5.32 Å². The minimum Gasteiger partial charge on any atom is -0.508 e. The fraction of sp³-hybridized carbons (Fsp3) is 0.250. The number of furan rings is 1. The number of phenolic OH excluding ortho intramolecular Hbond substituents is 1. The van der Waals surface area contributed by atoms with Crippen molar-refractivity contribution in [1.29, 1.82) is 0 Å². The monoisotopic (exact) mass is 323 g/mol. The van der Waals surface area contributed by atoms with Crippen LogP contribution in [0.2, 0.25) is 0 Å². The van der Waals surface area contributed by atoms with Crippen LogP contribution in [0.25, 0.3) is 11.0 Å². The van der Waals surface area contributed by atoms with Gasteiger partial charge >= 0.3 is 0 Å². The average molecular weight is 323 g/mol. The Bertz CT molecular complexity index is 886. The standard InChI is InChI=1S/C20H21NO3/c1-4-13-7-6-8-14(5-2)19(13)21-20(23)18-12(3)24-17-10-9-15(22)11-16(17)18/h6-11,22H,4-5H2,1-3H3,(H,21,23). The van der Waals surface area contributed by atoms with Gasteiger partial charge in [-0.2, -0.15) is 0 Å². The largest absolute Gasteiger partial charge is 0.508 e. The van der Waals surface area contributed by atoms with Crippen molar-refractivity contribution >= 4 is 22.6 Å². The topological polar surface area (TPSA) is 62.5 Å². The van der Waals surface area contributed by atoms with Crippen LogP contribution >= 0.6 is 0 Å². The second kappa shape index (κ2) is 6.40. The summed E-state index contributed by atoms with van der Waals surface area (Å²) < 4.78 is 5.65. The zero-order valence-electron chi connectivity index (χ0n) is 14.1. The van der Waals surface area contributed by atoms with Gasteiger partial charge in [-0.15, -0.1) is 0 Å². The van der Waals surface area contributed by atoms with Gasteiger partial charge in [-0.25, -0.2) is 0 Å². The van der Waals surface area contributed by atoms with E-state index in [0.29, 0.717) is 22.3 Å². The number of carbonyl (C=O) groups is 1. The van der Waals surface area contributed by atoms with E-state index in [-0.39, 0.29) is 11.7 Å². The third-order valence-corrected chi connectivity index (χ3v) is 4.31. The summed E-state index contributed by atoms with van der Waals surface area (Å²) in [6.07, 6.45) is 1.69. The van der Waals surface area contributed by atoms with E-state index in [1.165, 1.54) is 0 Å². The number of amides is 1. The first-order valence-electron chi connectivity index (χ1n) is 8.19. The fourth-order valence-corrected chi connectivity index (χ4v) is 3.07.